The second-order valence-electron chi connectivity index (χ2n) is 6.98. The molecule has 1 aromatic rings. The van der Waals surface area contributed by atoms with Gasteiger partial charge in [0.25, 0.3) is 5.91 Å². The van der Waals surface area contributed by atoms with Crippen LogP contribution >= 0.6 is 0 Å². The van der Waals surface area contributed by atoms with Gasteiger partial charge in [-0.3, -0.25) is 14.4 Å². The van der Waals surface area contributed by atoms with Gasteiger partial charge in [0.15, 0.2) is 0 Å². The third kappa shape index (κ3) is 3.67. The van der Waals surface area contributed by atoms with Gasteiger partial charge in [-0.2, -0.15) is 0 Å². The number of carboxylic acid groups (broad SMARTS) is 1. The number of rotatable bonds is 4. The van der Waals surface area contributed by atoms with E-state index < -0.39 is 11.9 Å². The number of carbonyl (C=O) groups is 3. The van der Waals surface area contributed by atoms with E-state index in [-0.39, 0.29) is 24.9 Å². The van der Waals surface area contributed by atoms with Gasteiger partial charge in [-0.1, -0.05) is 12.1 Å². The Morgan fingerprint density at radius 1 is 1.24 bits per heavy atom. The van der Waals surface area contributed by atoms with Crippen molar-refractivity contribution in [2.24, 2.45) is 5.92 Å². The maximum Gasteiger partial charge on any atom is 0.308 e. The summed E-state index contributed by atoms with van der Waals surface area (Å²) in [6.45, 7) is 0.775. The van der Waals surface area contributed by atoms with Gasteiger partial charge in [0, 0.05) is 25.7 Å². The van der Waals surface area contributed by atoms with E-state index in [0.717, 1.165) is 24.8 Å². The lowest BCUT2D eigenvalue weighted by Crippen LogP contribution is -2.47. The Morgan fingerprint density at radius 3 is 2.80 bits per heavy atom. The summed E-state index contributed by atoms with van der Waals surface area (Å²) in [7, 11) is 1.63. The number of hydrogen-bond donors (Lipinski definition) is 1. The van der Waals surface area contributed by atoms with Gasteiger partial charge in [0.05, 0.1) is 12.5 Å². The molecule has 0 aromatic heterocycles. The molecule has 1 aliphatic carbocycles. The number of fused-ring (bicyclic) bond motifs is 1. The van der Waals surface area contributed by atoms with Crippen molar-refractivity contribution in [3.63, 3.8) is 0 Å². The van der Waals surface area contributed by atoms with Crippen LogP contribution < -0.4 is 0 Å². The smallest absolute Gasteiger partial charge is 0.308 e. The highest BCUT2D eigenvalue weighted by atomic mass is 16.4. The third-order valence-electron chi connectivity index (χ3n) is 5.22. The van der Waals surface area contributed by atoms with Crippen LogP contribution in [0.2, 0.25) is 0 Å². The van der Waals surface area contributed by atoms with Crippen LogP contribution in [0.15, 0.2) is 18.2 Å². The Morgan fingerprint density at radius 2 is 2.04 bits per heavy atom. The minimum Gasteiger partial charge on any atom is -0.481 e. The fraction of sp³-hybridized carbons (Fsp3) is 0.526. The number of carbonyl (C=O) groups excluding carboxylic acids is 2. The Labute approximate surface area is 147 Å². The Hall–Kier alpha value is -2.37. The summed E-state index contributed by atoms with van der Waals surface area (Å²) < 4.78 is 0. The van der Waals surface area contributed by atoms with Gasteiger partial charge in [0.1, 0.15) is 0 Å². The Balaban J connectivity index is 1.65. The molecule has 1 saturated heterocycles. The lowest BCUT2D eigenvalue weighted by atomic mass is 9.98. The molecule has 1 heterocycles. The second kappa shape index (κ2) is 7.25. The fourth-order valence-corrected chi connectivity index (χ4v) is 3.81. The molecule has 6 nitrogen and oxygen atoms in total. The SMILES string of the molecule is CN(CC(=O)N1CCC[C@@H](C(=O)O)C1)C(=O)c1cccc2c1CCC2. The molecule has 1 atom stereocenters. The number of piperidine rings is 1. The normalized spacial score (nSPS) is 19.4. The highest BCUT2D eigenvalue weighted by Crippen LogP contribution is 2.26. The second-order valence-corrected chi connectivity index (χ2v) is 6.98. The van der Waals surface area contributed by atoms with Crippen LogP contribution in [0.5, 0.6) is 0 Å². The molecule has 0 spiro atoms. The van der Waals surface area contributed by atoms with E-state index >= 15 is 0 Å². The number of benzene rings is 1. The van der Waals surface area contributed by atoms with Gasteiger partial charge < -0.3 is 14.9 Å². The summed E-state index contributed by atoms with van der Waals surface area (Å²) >= 11 is 0. The van der Waals surface area contributed by atoms with Crippen molar-refractivity contribution in [2.45, 2.75) is 32.1 Å². The van der Waals surface area contributed by atoms with E-state index in [9.17, 15) is 14.4 Å². The minimum atomic E-state index is -0.859. The summed E-state index contributed by atoms with van der Waals surface area (Å²) in [6, 6.07) is 5.79. The number of likely N-dealkylation sites (N-methyl/N-ethyl adjacent to an activating group) is 1. The topological polar surface area (TPSA) is 77.9 Å². The zero-order valence-corrected chi connectivity index (χ0v) is 14.5. The first kappa shape index (κ1) is 17.5. The molecule has 3 rings (SSSR count). The van der Waals surface area contributed by atoms with Gasteiger partial charge in [-0.15, -0.1) is 0 Å². The first-order valence-electron chi connectivity index (χ1n) is 8.84. The number of nitrogens with zero attached hydrogens (tertiary/aromatic N) is 2. The van der Waals surface area contributed by atoms with Crippen molar-refractivity contribution in [3.8, 4) is 0 Å². The largest absolute Gasteiger partial charge is 0.481 e. The molecule has 1 aromatic carbocycles. The van der Waals surface area contributed by atoms with Crippen LogP contribution in [-0.2, 0) is 22.4 Å². The fourth-order valence-electron chi connectivity index (χ4n) is 3.81. The molecule has 25 heavy (non-hydrogen) atoms. The lowest BCUT2D eigenvalue weighted by molar-refractivity contribution is -0.145. The van der Waals surface area contributed by atoms with Crippen molar-refractivity contribution in [1.29, 1.82) is 0 Å². The van der Waals surface area contributed by atoms with E-state index in [4.69, 9.17) is 5.11 Å². The van der Waals surface area contributed by atoms with E-state index in [2.05, 4.69) is 6.07 Å². The van der Waals surface area contributed by atoms with E-state index in [1.807, 2.05) is 12.1 Å². The number of aryl methyl sites for hydroxylation is 1. The zero-order valence-electron chi connectivity index (χ0n) is 14.5. The molecule has 1 N–H and O–H groups in total. The molecule has 0 bridgehead atoms. The summed E-state index contributed by atoms with van der Waals surface area (Å²) in [4.78, 5) is 39.4. The minimum absolute atomic E-state index is 0.0190. The number of hydrogen-bond acceptors (Lipinski definition) is 3. The first-order valence-corrected chi connectivity index (χ1v) is 8.84. The van der Waals surface area contributed by atoms with Crippen LogP contribution in [0.3, 0.4) is 0 Å². The maximum absolute atomic E-state index is 12.8. The maximum atomic E-state index is 12.8. The van der Waals surface area contributed by atoms with Gasteiger partial charge in [-0.25, -0.2) is 0 Å². The molecule has 2 amide bonds. The van der Waals surface area contributed by atoms with Crippen LogP contribution in [0, 0.1) is 5.92 Å². The molecule has 0 saturated carbocycles. The molecule has 6 heteroatoms. The average molecular weight is 344 g/mol. The summed E-state index contributed by atoms with van der Waals surface area (Å²) in [5, 5.41) is 9.14. The van der Waals surface area contributed by atoms with Crippen molar-refractivity contribution in [3.05, 3.63) is 34.9 Å². The standard InChI is InChI=1S/C19H24N2O4/c1-20(12-17(22)21-10-4-7-14(11-21)19(24)25)18(23)16-9-3-6-13-5-2-8-15(13)16/h3,6,9,14H,2,4-5,7-8,10-12H2,1H3,(H,24,25)/t14-/m1/s1. The molecular formula is C19H24N2O4. The molecule has 2 aliphatic rings. The van der Waals surface area contributed by atoms with Crippen LogP contribution in [-0.4, -0.2) is 59.4 Å². The Bertz CT molecular complexity index is 701. The molecule has 0 radical (unpaired) electrons. The van der Waals surface area contributed by atoms with Gasteiger partial charge in [0.2, 0.25) is 5.91 Å². The lowest BCUT2D eigenvalue weighted by Gasteiger charge is -2.32. The number of amides is 2. The third-order valence-corrected chi connectivity index (χ3v) is 5.22. The summed E-state index contributed by atoms with van der Waals surface area (Å²) in [5.74, 6) is -1.69. The predicted molar refractivity (Wildman–Crippen MR) is 92.4 cm³/mol. The van der Waals surface area contributed by atoms with Crippen molar-refractivity contribution >= 4 is 17.8 Å². The molecule has 134 valence electrons. The summed E-state index contributed by atoms with van der Waals surface area (Å²) in [5.41, 5.74) is 3.02. The highest BCUT2D eigenvalue weighted by Gasteiger charge is 2.29. The monoisotopic (exact) mass is 344 g/mol. The van der Waals surface area contributed by atoms with Crippen molar-refractivity contribution < 1.29 is 19.5 Å². The quantitative estimate of drug-likeness (QED) is 0.899. The number of likely N-dealkylation sites (tertiary alicyclic amines) is 1. The van der Waals surface area contributed by atoms with Crippen LogP contribution in [0.1, 0.15) is 40.7 Å². The van der Waals surface area contributed by atoms with Crippen LogP contribution in [0.25, 0.3) is 0 Å². The molecular weight excluding hydrogens is 320 g/mol. The van der Waals surface area contributed by atoms with E-state index in [1.54, 1.807) is 11.9 Å². The Kier molecular flexibility index (Phi) is 5.06. The number of aliphatic carboxylic acids is 1. The molecule has 1 aliphatic heterocycles. The zero-order chi connectivity index (χ0) is 18.0. The predicted octanol–water partition coefficient (Wildman–Crippen LogP) is 1.57. The molecule has 0 unspecified atom stereocenters. The average Bonchev–Trinajstić information content (AvgIpc) is 3.09. The number of carboxylic acids is 1. The van der Waals surface area contributed by atoms with E-state index in [0.29, 0.717) is 24.9 Å². The van der Waals surface area contributed by atoms with Crippen molar-refractivity contribution in [1.82, 2.24) is 9.80 Å². The van der Waals surface area contributed by atoms with Crippen LogP contribution in [0.4, 0.5) is 0 Å². The van der Waals surface area contributed by atoms with E-state index in [1.165, 1.54) is 10.5 Å². The van der Waals surface area contributed by atoms with Crippen molar-refractivity contribution in [2.75, 3.05) is 26.7 Å². The van der Waals surface area contributed by atoms with Gasteiger partial charge >= 0.3 is 5.97 Å². The van der Waals surface area contributed by atoms with Gasteiger partial charge in [-0.05, 0) is 49.3 Å². The molecule has 1 fully saturated rings. The first-order chi connectivity index (χ1) is 12.0. The highest BCUT2D eigenvalue weighted by molar-refractivity contribution is 5.98. The summed E-state index contributed by atoms with van der Waals surface area (Å²) in [6.07, 6.45) is 4.26.